The number of carbonyl (C=O) groups excluding carboxylic acids is 2. The topological polar surface area (TPSA) is 81.0 Å². The second kappa shape index (κ2) is 9.12. The van der Waals surface area contributed by atoms with E-state index in [2.05, 4.69) is 4.98 Å². The van der Waals surface area contributed by atoms with Crippen molar-refractivity contribution < 1.29 is 14.3 Å². The molecule has 0 saturated heterocycles. The van der Waals surface area contributed by atoms with E-state index in [1.165, 1.54) is 16.9 Å². The van der Waals surface area contributed by atoms with Crippen LogP contribution in [0.5, 0.6) is 0 Å². The van der Waals surface area contributed by atoms with Gasteiger partial charge >= 0.3 is 5.97 Å². The number of hydrogen-bond acceptors (Lipinski definition) is 5. The van der Waals surface area contributed by atoms with E-state index in [4.69, 9.17) is 4.74 Å². The number of amides is 1. The molecule has 7 heteroatoms. The van der Waals surface area contributed by atoms with Crippen molar-refractivity contribution in [1.82, 2.24) is 14.3 Å². The molecule has 31 heavy (non-hydrogen) atoms. The molecule has 1 aromatic carbocycles. The second-order valence-corrected chi connectivity index (χ2v) is 7.84. The molecule has 1 aliphatic rings. The first-order chi connectivity index (χ1) is 15.0. The Kier molecular flexibility index (Phi) is 6.11. The van der Waals surface area contributed by atoms with Crippen molar-refractivity contribution in [3.8, 4) is 0 Å². The molecule has 0 N–H and O–H groups in total. The second-order valence-electron chi connectivity index (χ2n) is 7.84. The summed E-state index contributed by atoms with van der Waals surface area (Å²) in [6.45, 7) is -0.152. The van der Waals surface area contributed by atoms with Crippen molar-refractivity contribution in [2.45, 2.75) is 44.8 Å². The minimum absolute atomic E-state index is 0.152. The van der Waals surface area contributed by atoms with Gasteiger partial charge in [0.2, 0.25) is 0 Å². The van der Waals surface area contributed by atoms with Crippen LogP contribution in [0, 0.1) is 0 Å². The van der Waals surface area contributed by atoms with Gasteiger partial charge < -0.3 is 9.64 Å². The summed E-state index contributed by atoms with van der Waals surface area (Å²) in [4.78, 5) is 44.2. The molecule has 0 atom stereocenters. The first kappa shape index (κ1) is 20.8. The standard InChI is InChI=1S/C24H25N3O4/c1-26(18-9-3-2-4-10-18)23(29)19-11-5-6-12-20(19)24(30)31-16-17-15-22(28)27-14-8-7-13-21(27)25-17/h5-8,11-15,18H,2-4,9-10,16H2,1H3. The number of rotatable bonds is 5. The normalized spacial score (nSPS) is 14.4. The molecule has 0 aliphatic heterocycles. The minimum Gasteiger partial charge on any atom is -0.456 e. The van der Waals surface area contributed by atoms with Crippen molar-refractivity contribution >= 4 is 17.5 Å². The Hall–Kier alpha value is -3.48. The summed E-state index contributed by atoms with van der Waals surface area (Å²) in [6.07, 6.45) is 7.03. The molecule has 7 nitrogen and oxygen atoms in total. The Morgan fingerprint density at radius 2 is 1.77 bits per heavy atom. The number of pyridine rings is 1. The molecule has 2 aromatic heterocycles. The van der Waals surface area contributed by atoms with Crippen LogP contribution in [0.1, 0.15) is 58.5 Å². The highest BCUT2D eigenvalue weighted by Gasteiger charge is 2.26. The number of aromatic nitrogens is 2. The average Bonchev–Trinajstić information content (AvgIpc) is 2.82. The quantitative estimate of drug-likeness (QED) is 0.592. The average molecular weight is 419 g/mol. The zero-order chi connectivity index (χ0) is 21.8. The Morgan fingerprint density at radius 3 is 2.55 bits per heavy atom. The fourth-order valence-electron chi connectivity index (χ4n) is 4.07. The van der Waals surface area contributed by atoms with Crippen LogP contribution in [0.15, 0.2) is 59.5 Å². The van der Waals surface area contributed by atoms with E-state index in [-0.39, 0.29) is 29.7 Å². The molecule has 3 aromatic rings. The van der Waals surface area contributed by atoms with E-state index in [1.54, 1.807) is 60.6 Å². The lowest BCUT2D eigenvalue weighted by Crippen LogP contribution is -2.39. The lowest BCUT2D eigenvalue weighted by atomic mass is 9.94. The predicted octanol–water partition coefficient (Wildman–Crippen LogP) is 3.46. The number of carbonyl (C=O) groups is 2. The molecule has 1 fully saturated rings. The van der Waals surface area contributed by atoms with Gasteiger partial charge in [0.05, 0.1) is 16.8 Å². The van der Waals surface area contributed by atoms with Gasteiger partial charge in [-0.25, -0.2) is 9.78 Å². The van der Waals surface area contributed by atoms with E-state index in [9.17, 15) is 14.4 Å². The molecular formula is C24H25N3O4. The summed E-state index contributed by atoms with van der Waals surface area (Å²) in [5, 5.41) is 0. The zero-order valence-corrected chi connectivity index (χ0v) is 17.5. The number of nitrogens with zero attached hydrogens (tertiary/aromatic N) is 3. The molecule has 0 radical (unpaired) electrons. The summed E-state index contributed by atoms with van der Waals surface area (Å²) in [6, 6.07) is 13.5. The monoisotopic (exact) mass is 419 g/mol. The van der Waals surface area contributed by atoms with Crippen molar-refractivity contribution in [1.29, 1.82) is 0 Å². The molecule has 4 rings (SSSR count). The molecule has 160 valence electrons. The zero-order valence-electron chi connectivity index (χ0n) is 17.5. The number of hydrogen-bond donors (Lipinski definition) is 0. The van der Waals surface area contributed by atoms with Gasteiger partial charge in [-0.05, 0) is 37.1 Å². The summed E-state index contributed by atoms with van der Waals surface area (Å²) in [7, 11) is 1.80. The number of esters is 1. The summed E-state index contributed by atoms with van der Waals surface area (Å²) in [5.41, 5.74) is 1.12. The van der Waals surface area contributed by atoms with Crippen molar-refractivity contribution in [2.24, 2.45) is 0 Å². The maximum absolute atomic E-state index is 13.1. The van der Waals surface area contributed by atoms with Crippen molar-refractivity contribution in [3.05, 3.63) is 81.9 Å². The SMILES string of the molecule is CN(C(=O)c1ccccc1C(=O)OCc1cc(=O)n2ccccc2n1)C1CCCCC1. The van der Waals surface area contributed by atoms with Crippen LogP contribution in [0.4, 0.5) is 0 Å². The smallest absolute Gasteiger partial charge is 0.339 e. The number of fused-ring (bicyclic) bond motifs is 1. The van der Waals surface area contributed by atoms with Gasteiger partial charge in [-0.15, -0.1) is 0 Å². The molecule has 1 aliphatic carbocycles. The third-order valence-electron chi connectivity index (χ3n) is 5.80. The van der Waals surface area contributed by atoms with Crippen molar-refractivity contribution in [3.63, 3.8) is 0 Å². The lowest BCUT2D eigenvalue weighted by Gasteiger charge is -2.31. The summed E-state index contributed by atoms with van der Waals surface area (Å²) < 4.78 is 6.83. The van der Waals surface area contributed by atoms with Crippen LogP contribution in [0.2, 0.25) is 0 Å². The predicted molar refractivity (Wildman–Crippen MR) is 116 cm³/mol. The molecule has 0 bridgehead atoms. The van der Waals surface area contributed by atoms with Gasteiger partial charge in [0.15, 0.2) is 0 Å². The highest BCUT2D eigenvalue weighted by Crippen LogP contribution is 2.24. The maximum Gasteiger partial charge on any atom is 0.339 e. The van der Waals surface area contributed by atoms with Gasteiger partial charge in [-0.2, -0.15) is 0 Å². The Bertz CT molecular complexity index is 1160. The van der Waals surface area contributed by atoms with E-state index >= 15 is 0 Å². The highest BCUT2D eigenvalue weighted by atomic mass is 16.5. The van der Waals surface area contributed by atoms with E-state index in [0.29, 0.717) is 16.9 Å². The summed E-state index contributed by atoms with van der Waals surface area (Å²) in [5.74, 6) is -0.794. The number of benzene rings is 1. The molecule has 0 spiro atoms. The van der Waals surface area contributed by atoms with Crippen LogP contribution in [-0.2, 0) is 11.3 Å². The Labute approximate surface area is 180 Å². The number of ether oxygens (including phenoxy) is 1. The van der Waals surface area contributed by atoms with Crippen LogP contribution >= 0.6 is 0 Å². The third-order valence-corrected chi connectivity index (χ3v) is 5.80. The Balaban J connectivity index is 1.50. The molecular weight excluding hydrogens is 394 g/mol. The molecule has 1 saturated carbocycles. The molecule has 0 unspecified atom stereocenters. The van der Waals surface area contributed by atoms with Gasteiger partial charge in [0.25, 0.3) is 11.5 Å². The Morgan fingerprint density at radius 1 is 1.06 bits per heavy atom. The third kappa shape index (κ3) is 4.50. The van der Waals surface area contributed by atoms with Gasteiger partial charge in [-0.3, -0.25) is 14.0 Å². The van der Waals surface area contributed by atoms with Crippen LogP contribution in [0.25, 0.3) is 5.65 Å². The summed E-state index contributed by atoms with van der Waals surface area (Å²) >= 11 is 0. The minimum atomic E-state index is -0.615. The first-order valence-corrected chi connectivity index (χ1v) is 10.6. The van der Waals surface area contributed by atoms with Gasteiger partial charge in [0.1, 0.15) is 12.3 Å². The van der Waals surface area contributed by atoms with Crippen LogP contribution < -0.4 is 5.56 Å². The van der Waals surface area contributed by atoms with Gasteiger partial charge in [0, 0.05) is 25.4 Å². The van der Waals surface area contributed by atoms with Gasteiger partial charge in [-0.1, -0.05) is 37.5 Å². The molecule has 1 amide bonds. The van der Waals surface area contributed by atoms with Crippen LogP contribution in [0.3, 0.4) is 0 Å². The van der Waals surface area contributed by atoms with E-state index in [1.807, 2.05) is 0 Å². The van der Waals surface area contributed by atoms with Crippen molar-refractivity contribution in [2.75, 3.05) is 7.05 Å². The molecule has 2 heterocycles. The lowest BCUT2D eigenvalue weighted by molar-refractivity contribution is 0.0460. The first-order valence-electron chi connectivity index (χ1n) is 10.6. The fourth-order valence-corrected chi connectivity index (χ4v) is 4.07. The van der Waals surface area contributed by atoms with Crippen LogP contribution in [-0.4, -0.2) is 39.3 Å². The maximum atomic E-state index is 13.1. The highest BCUT2D eigenvalue weighted by molar-refractivity contribution is 6.05. The fraction of sp³-hybridized carbons (Fsp3) is 0.333. The largest absolute Gasteiger partial charge is 0.456 e. The van der Waals surface area contributed by atoms with E-state index < -0.39 is 5.97 Å². The van der Waals surface area contributed by atoms with E-state index in [0.717, 1.165) is 25.7 Å².